The molecule has 0 bridgehead atoms. The van der Waals surface area contributed by atoms with Gasteiger partial charge in [-0.25, -0.2) is 9.97 Å². The largest absolute Gasteiger partial charge is 0.492 e. The molecule has 4 rings (SSSR count). The van der Waals surface area contributed by atoms with E-state index in [1.807, 2.05) is 31.2 Å². The number of imidazole rings is 1. The minimum Gasteiger partial charge on any atom is -0.492 e. The summed E-state index contributed by atoms with van der Waals surface area (Å²) in [7, 11) is 0. The van der Waals surface area contributed by atoms with Crippen molar-refractivity contribution in [3.63, 3.8) is 0 Å². The van der Waals surface area contributed by atoms with Crippen molar-refractivity contribution in [1.29, 1.82) is 0 Å². The second-order valence-corrected chi connectivity index (χ2v) is 6.03. The minimum atomic E-state index is 0.624. The molecule has 0 aliphatic carbocycles. The van der Waals surface area contributed by atoms with E-state index in [4.69, 9.17) is 14.7 Å². The summed E-state index contributed by atoms with van der Waals surface area (Å²) in [6, 6.07) is 18.4. The van der Waals surface area contributed by atoms with Crippen molar-refractivity contribution in [2.24, 2.45) is 0 Å². The third-order valence-corrected chi connectivity index (χ3v) is 4.31. The van der Waals surface area contributed by atoms with Gasteiger partial charge < -0.3 is 9.30 Å². The van der Waals surface area contributed by atoms with Crippen molar-refractivity contribution in [3.8, 4) is 17.3 Å². The zero-order chi connectivity index (χ0) is 17.2. The first-order valence-electron chi connectivity index (χ1n) is 8.80. The second-order valence-electron chi connectivity index (χ2n) is 6.03. The zero-order valence-corrected chi connectivity index (χ0v) is 14.6. The average molecular weight is 331 g/mol. The molecule has 0 saturated heterocycles. The van der Waals surface area contributed by atoms with E-state index in [0.717, 1.165) is 52.2 Å². The fourth-order valence-electron chi connectivity index (χ4n) is 3.24. The highest BCUT2D eigenvalue weighted by Crippen LogP contribution is 2.29. The van der Waals surface area contributed by atoms with Crippen LogP contribution < -0.4 is 4.74 Å². The van der Waals surface area contributed by atoms with Crippen molar-refractivity contribution in [2.45, 2.75) is 26.8 Å². The Morgan fingerprint density at radius 3 is 2.64 bits per heavy atom. The molecule has 0 N–H and O–H groups in total. The summed E-state index contributed by atoms with van der Waals surface area (Å²) in [5.74, 6) is 1.73. The van der Waals surface area contributed by atoms with Crippen LogP contribution in [0.1, 0.15) is 20.3 Å². The van der Waals surface area contributed by atoms with Gasteiger partial charge in [0.1, 0.15) is 17.0 Å². The van der Waals surface area contributed by atoms with Gasteiger partial charge in [0.2, 0.25) is 0 Å². The van der Waals surface area contributed by atoms with E-state index in [1.165, 1.54) is 0 Å². The monoisotopic (exact) mass is 331 g/mol. The maximum absolute atomic E-state index is 5.76. The molecule has 0 fully saturated rings. The van der Waals surface area contributed by atoms with Crippen LogP contribution in [-0.4, -0.2) is 21.1 Å². The Hall–Kier alpha value is -2.88. The van der Waals surface area contributed by atoms with E-state index in [1.54, 1.807) is 0 Å². The van der Waals surface area contributed by atoms with Crippen molar-refractivity contribution in [2.75, 3.05) is 6.61 Å². The maximum atomic E-state index is 5.76. The quantitative estimate of drug-likeness (QED) is 0.513. The van der Waals surface area contributed by atoms with E-state index >= 15 is 0 Å². The number of hydrogen-bond acceptors (Lipinski definition) is 3. The molecular formula is C21H21N3O. The number of ether oxygens (including phenoxy) is 1. The number of aromatic nitrogens is 3. The maximum Gasteiger partial charge on any atom is 0.159 e. The lowest BCUT2D eigenvalue weighted by Gasteiger charge is -2.10. The second kappa shape index (κ2) is 6.55. The predicted octanol–water partition coefficient (Wildman–Crippen LogP) is 5.06. The number of rotatable bonds is 5. The highest BCUT2D eigenvalue weighted by molar-refractivity contribution is 5.87. The van der Waals surface area contributed by atoms with E-state index in [0.29, 0.717) is 6.61 Å². The number of fused-ring (bicyclic) bond motifs is 2. The molecule has 2 aromatic carbocycles. The SMILES string of the molecule is CCCn1c(-c2ccc3cccc(OCC)c3n2)nc2ccccc21. The molecule has 0 unspecified atom stereocenters. The van der Waals surface area contributed by atoms with Crippen LogP contribution in [0.2, 0.25) is 0 Å². The molecule has 25 heavy (non-hydrogen) atoms. The minimum absolute atomic E-state index is 0.624. The lowest BCUT2D eigenvalue weighted by molar-refractivity contribution is 0.343. The molecule has 4 heteroatoms. The van der Waals surface area contributed by atoms with Gasteiger partial charge in [0.05, 0.1) is 17.6 Å². The zero-order valence-electron chi connectivity index (χ0n) is 14.6. The highest BCUT2D eigenvalue weighted by atomic mass is 16.5. The Balaban J connectivity index is 1.93. The molecule has 0 aliphatic heterocycles. The van der Waals surface area contributed by atoms with Gasteiger partial charge in [-0.3, -0.25) is 0 Å². The Labute approximate surface area is 147 Å². The number of nitrogens with zero attached hydrogens (tertiary/aromatic N) is 3. The molecule has 0 spiro atoms. The molecule has 0 aliphatic rings. The number of para-hydroxylation sites is 3. The Morgan fingerprint density at radius 2 is 1.80 bits per heavy atom. The van der Waals surface area contributed by atoms with E-state index in [9.17, 15) is 0 Å². The molecule has 126 valence electrons. The standard InChI is InChI=1S/C21H21N3O/c1-3-14-24-18-10-6-5-9-16(18)23-21(24)17-13-12-15-8-7-11-19(25-4-2)20(15)22-17/h5-13H,3-4,14H2,1-2H3. The van der Waals surface area contributed by atoms with Gasteiger partial charge in [-0.1, -0.05) is 37.3 Å². The smallest absolute Gasteiger partial charge is 0.159 e. The first-order valence-corrected chi connectivity index (χ1v) is 8.80. The molecule has 0 saturated carbocycles. The van der Waals surface area contributed by atoms with Crippen molar-refractivity contribution < 1.29 is 4.74 Å². The summed E-state index contributed by atoms with van der Waals surface area (Å²) in [6.45, 7) is 5.71. The topological polar surface area (TPSA) is 39.9 Å². The molecular weight excluding hydrogens is 310 g/mol. The fraction of sp³-hybridized carbons (Fsp3) is 0.238. The third kappa shape index (κ3) is 2.74. The van der Waals surface area contributed by atoms with Crippen LogP contribution in [-0.2, 0) is 6.54 Å². The van der Waals surface area contributed by atoms with E-state index in [2.05, 4.69) is 41.8 Å². The lowest BCUT2D eigenvalue weighted by atomic mass is 10.2. The van der Waals surface area contributed by atoms with E-state index in [-0.39, 0.29) is 0 Å². The predicted molar refractivity (Wildman–Crippen MR) is 102 cm³/mol. The third-order valence-electron chi connectivity index (χ3n) is 4.31. The van der Waals surface area contributed by atoms with Crippen molar-refractivity contribution in [1.82, 2.24) is 14.5 Å². The average Bonchev–Trinajstić information content (AvgIpc) is 3.01. The van der Waals surface area contributed by atoms with Gasteiger partial charge in [-0.05, 0) is 37.6 Å². The Morgan fingerprint density at radius 1 is 0.920 bits per heavy atom. The molecule has 2 heterocycles. The van der Waals surface area contributed by atoms with Crippen LogP contribution >= 0.6 is 0 Å². The van der Waals surface area contributed by atoms with E-state index < -0.39 is 0 Å². The highest BCUT2D eigenvalue weighted by Gasteiger charge is 2.14. The number of benzene rings is 2. The van der Waals surface area contributed by atoms with Crippen LogP contribution in [0.4, 0.5) is 0 Å². The first kappa shape index (κ1) is 15.6. The van der Waals surface area contributed by atoms with Crippen LogP contribution in [0.5, 0.6) is 5.75 Å². The number of aryl methyl sites for hydroxylation is 1. The van der Waals surface area contributed by atoms with Crippen LogP contribution in [0.25, 0.3) is 33.5 Å². The fourth-order valence-corrected chi connectivity index (χ4v) is 3.24. The summed E-state index contributed by atoms with van der Waals surface area (Å²) in [5.41, 5.74) is 3.92. The van der Waals surface area contributed by atoms with Gasteiger partial charge >= 0.3 is 0 Å². The normalized spacial score (nSPS) is 11.3. The molecule has 2 aromatic heterocycles. The lowest BCUT2D eigenvalue weighted by Crippen LogP contribution is -2.01. The molecule has 4 aromatic rings. The Bertz CT molecular complexity index is 1040. The first-order chi connectivity index (χ1) is 12.3. The molecule has 0 radical (unpaired) electrons. The van der Waals surface area contributed by atoms with Gasteiger partial charge in [0.25, 0.3) is 0 Å². The van der Waals surface area contributed by atoms with Gasteiger partial charge in [0.15, 0.2) is 5.82 Å². The summed E-state index contributed by atoms with van der Waals surface area (Å²) in [5, 5.41) is 1.08. The van der Waals surface area contributed by atoms with Crippen molar-refractivity contribution in [3.05, 3.63) is 54.6 Å². The molecule has 4 nitrogen and oxygen atoms in total. The Kier molecular flexibility index (Phi) is 4.10. The van der Waals surface area contributed by atoms with Crippen LogP contribution in [0.3, 0.4) is 0 Å². The summed E-state index contributed by atoms with van der Waals surface area (Å²) >= 11 is 0. The summed E-state index contributed by atoms with van der Waals surface area (Å²) in [4.78, 5) is 9.74. The summed E-state index contributed by atoms with van der Waals surface area (Å²) in [6.07, 6.45) is 1.05. The van der Waals surface area contributed by atoms with Gasteiger partial charge in [-0.2, -0.15) is 0 Å². The van der Waals surface area contributed by atoms with Gasteiger partial charge in [0, 0.05) is 11.9 Å². The summed E-state index contributed by atoms with van der Waals surface area (Å²) < 4.78 is 8.01. The number of pyridine rings is 1. The van der Waals surface area contributed by atoms with Crippen LogP contribution in [0, 0.1) is 0 Å². The van der Waals surface area contributed by atoms with Crippen LogP contribution in [0.15, 0.2) is 54.6 Å². The number of hydrogen-bond donors (Lipinski definition) is 0. The molecule has 0 amide bonds. The van der Waals surface area contributed by atoms with Crippen molar-refractivity contribution >= 4 is 21.9 Å². The molecule has 0 atom stereocenters. The van der Waals surface area contributed by atoms with Gasteiger partial charge in [-0.15, -0.1) is 0 Å².